The molecule has 0 radical (unpaired) electrons. The van der Waals surface area contributed by atoms with Crippen LogP contribution >= 0.6 is 0 Å². The van der Waals surface area contributed by atoms with Crippen molar-refractivity contribution in [3.8, 4) is 22.8 Å². The van der Waals surface area contributed by atoms with Crippen LogP contribution in [-0.4, -0.2) is 32.6 Å². The SMILES string of the molecule is Cc1cccc(N(C)C(=O)Cn2c(=O)cc(-c3nc(-c4ccncc4)no3)c3ccccc32)c1. The van der Waals surface area contributed by atoms with Crippen LogP contribution in [0.1, 0.15) is 5.56 Å². The molecule has 0 aliphatic heterocycles. The molecule has 5 aromatic rings. The second-order valence-electron chi connectivity index (χ2n) is 7.95. The number of rotatable bonds is 5. The Hall–Kier alpha value is -4.59. The van der Waals surface area contributed by atoms with Gasteiger partial charge in [0.05, 0.1) is 11.1 Å². The van der Waals surface area contributed by atoms with Crippen LogP contribution in [0.2, 0.25) is 0 Å². The number of nitrogens with zero attached hydrogens (tertiary/aromatic N) is 5. The predicted octanol–water partition coefficient (Wildman–Crippen LogP) is 4.08. The maximum absolute atomic E-state index is 13.1. The van der Waals surface area contributed by atoms with Crippen molar-refractivity contribution in [3.05, 3.63) is 95.0 Å². The van der Waals surface area contributed by atoms with Crippen molar-refractivity contribution >= 4 is 22.5 Å². The zero-order valence-corrected chi connectivity index (χ0v) is 18.7. The molecular formula is C26H21N5O3. The summed E-state index contributed by atoms with van der Waals surface area (Å²) in [6.45, 7) is 1.87. The first kappa shape index (κ1) is 21.3. The summed E-state index contributed by atoms with van der Waals surface area (Å²) in [5.74, 6) is 0.430. The lowest BCUT2D eigenvalue weighted by Crippen LogP contribution is -2.34. The first-order chi connectivity index (χ1) is 16.5. The van der Waals surface area contributed by atoms with Gasteiger partial charge in [0.2, 0.25) is 11.7 Å². The summed E-state index contributed by atoms with van der Waals surface area (Å²) in [6, 6.07) is 20.0. The van der Waals surface area contributed by atoms with Crippen molar-refractivity contribution in [1.82, 2.24) is 19.7 Å². The van der Waals surface area contributed by atoms with Gasteiger partial charge in [0.15, 0.2) is 0 Å². The normalized spacial score (nSPS) is 11.0. The first-order valence-electron chi connectivity index (χ1n) is 10.7. The molecule has 0 aliphatic rings. The van der Waals surface area contributed by atoms with Crippen LogP contribution < -0.4 is 10.5 Å². The lowest BCUT2D eigenvalue weighted by molar-refractivity contribution is -0.118. The summed E-state index contributed by atoms with van der Waals surface area (Å²) in [5.41, 5.74) is 3.38. The summed E-state index contributed by atoms with van der Waals surface area (Å²) in [5, 5.41) is 4.78. The van der Waals surface area contributed by atoms with Crippen LogP contribution in [0.25, 0.3) is 33.7 Å². The Labute approximate surface area is 195 Å². The predicted molar refractivity (Wildman–Crippen MR) is 129 cm³/mol. The lowest BCUT2D eigenvalue weighted by atomic mass is 10.1. The monoisotopic (exact) mass is 451 g/mol. The summed E-state index contributed by atoms with van der Waals surface area (Å²) in [4.78, 5) is 36.2. The highest BCUT2D eigenvalue weighted by Crippen LogP contribution is 2.28. The molecule has 0 spiro atoms. The molecule has 8 nitrogen and oxygen atoms in total. The minimum Gasteiger partial charge on any atom is -0.334 e. The van der Waals surface area contributed by atoms with Crippen molar-refractivity contribution in [2.45, 2.75) is 13.5 Å². The Morgan fingerprint density at radius 1 is 1.03 bits per heavy atom. The van der Waals surface area contributed by atoms with Gasteiger partial charge in [-0.15, -0.1) is 0 Å². The molecule has 0 saturated heterocycles. The number of carbonyl (C=O) groups excluding carboxylic acids is 1. The number of anilines is 1. The van der Waals surface area contributed by atoms with E-state index in [9.17, 15) is 9.59 Å². The van der Waals surface area contributed by atoms with Crippen LogP contribution in [-0.2, 0) is 11.3 Å². The van der Waals surface area contributed by atoms with Crippen molar-refractivity contribution in [2.75, 3.05) is 11.9 Å². The summed E-state index contributed by atoms with van der Waals surface area (Å²) >= 11 is 0. The topological polar surface area (TPSA) is 94.1 Å². The van der Waals surface area contributed by atoms with Gasteiger partial charge in [0.25, 0.3) is 11.4 Å². The fourth-order valence-electron chi connectivity index (χ4n) is 3.85. The largest absolute Gasteiger partial charge is 0.334 e. The molecule has 0 N–H and O–H groups in total. The Kier molecular flexibility index (Phi) is 5.47. The zero-order chi connectivity index (χ0) is 23.7. The van der Waals surface area contributed by atoms with Crippen LogP contribution in [0.3, 0.4) is 0 Å². The molecule has 0 fully saturated rings. The van der Waals surface area contributed by atoms with Crippen LogP contribution in [0, 0.1) is 6.92 Å². The molecule has 3 aromatic heterocycles. The van der Waals surface area contributed by atoms with Gasteiger partial charge < -0.3 is 9.42 Å². The number of likely N-dealkylation sites (N-methyl/N-ethyl adjacent to an activating group) is 1. The number of amides is 1. The Balaban J connectivity index is 1.53. The number of hydrogen-bond acceptors (Lipinski definition) is 6. The van der Waals surface area contributed by atoms with E-state index >= 15 is 0 Å². The van der Waals surface area contributed by atoms with Gasteiger partial charge >= 0.3 is 0 Å². The summed E-state index contributed by atoms with van der Waals surface area (Å²) in [6.07, 6.45) is 3.29. The van der Waals surface area contributed by atoms with Crippen LogP contribution in [0.15, 0.2) is 88.4 Å². The number of fused-ring (bicyclic) bond motifs is 1. The average Bonchev–Trinajstić information content (AvgIpc) is 3.36. The molecule has 0 aliphatic carbocycles. The third-order valence-electron chi connectivity index (χ3n) is 5.67. The number of aryl methyl sites for hydroxylation is 1. The molecule has 3 heterocycles. The summed E-state index contributed by atoms with van der Waals surface area (Å²) in [7, 11) is 1.71. The van der Waals surface area contributed by atoms with E-state index in [1.54, 1.807) is 42.5 Å². The van der Waals surface area contributed by atoms with E-state index in [2.05, 4.69) is 15.1 Å². The minimum atomic E-state index is -0.330. The zero-order valence-electron chi connectivity index (χ0n) is 18.7. The van der Waals surface area contributed by atoms with Gasteiger partial charge in [-0.05, 0) is 42.8 Å². The number of carbonyl (C=O) groups is 1. The van der Waals surface area contributed by atoms with Crippen molar-refractivity contribution < 1.29 is 9.32 Å². The van der Waals surface area contributed by atoms with Gasteiger partial charge in [-0.2, -0.15) is 4.98 Å². The molecule has 5 rings (SSSR count). The fraction of sp³-hybridized carbons (Fsp3) is 0.115. The van der Waals surface area contributed by atoms with Gasteiger partial charge in [-0.25, -0.2) is 0 Å². The standard InChI is InChI=1S/C26H21N5O3/c1-17-6-5-7-19(14-17)30(2)24(33)16-31-22-9-4-3-8-20(22)21(15-23(31)32)26-28-25(29-34-26)18-10-12-27-13-11-18/h3-15H,16H2,1-2H3. The molecule has 8 heteroatoms. The fourth-order valence-corrected chi connectivity index (χ4v) is 3.85. The lowest BCUT2D eigenvalue weighted by Gasteiger charge is -2.19. The number of aromatic nitrogens is 4. The second kappa shape index (κ2) is 8.74. The molecular weight excluding hydrogens is 430 g/mol. The molecule has 0 saturated carbocycles. The molecule has 2 aromatic carbocycles. The van der Waals surface area contributed by atoms with Crippen molar-refractivity contribution in [1.29, 1.82) is 0 Å². The third-order valence-corrected chi connectivity index (χ3v) is 5.67. The Morgan fingerprint density at radius 3 is 2.62 bits per heavy atom. The van der Waals surface area contributed by atoms with E-state index in [1.807, 2.05) is 49.4 Å². The molecule has 0 unspecified atom stereocenters. The number of hydrogen-bond donors (Lipinski definition) is 0. The highest BCUT2D eigenvalue weighted by Gasteiger charge is 2.19. The van der Waals surface area contributed by atoms with Crippen molar-refractivity contribution in [2.24, 2.45) is 0 Å². The number of para-hydroxylation sites is 1. The maximum Gasteiger partial charge on any atom is 0.259 e. The average molecular weight is 451 g/mol. The molecule has 0 atom stereocenters. The van der Waals surface area contributed by atoms with E-state index in [-0.39, 0.29) is 23.9 Å². The van der Waals surface area contributed by atoms with Crippen LogP contribution in [0.4, 0.5) is 5.69 Å². The highest BCUT2D eigenvalue weighted by atomic mass is 16.5. The first-order valence-corrected chi connectivity index (χ1v) is 10.7. The Bertz CT molecular complexity index is 1560. The van der Waals surface area contributed by atoms with E-state index in [4.69, 9.17) is 4.52 Å². The highest BCUT2D eigenvalue weighted by molar-refractivity contribution is 5.96. The van der Waals surface area contributed by atoms with Gasteiger partial charge in [0, 0.05) is 42.1 Å². The van der Waals surface area contributed by atoms with Gasteiger partial charge in [0.1, 0.15) is 6.54 Å². The quantitative estimate of drug-likeness (QED) is 0.400. The van der Waals surface area contributed by atoms with Crippen molar-refractivity contribution in [3.63, 3.8) is 0 Å². The summed E-state index contributed by atoms with van der Waals surface area (Å²) < 4.78 is 6.96. The van der Waals surface area contributed by atoms with E-state index < -0.39 is 0 Å². The van der Waals surface area contributed by atoms with E-state index in [0.717, 1.165) is 22.2 Å². The van der Waals surface area contributed by atoms with Gasteiger partial charge in [-0.1, -0.05) is 35.5 Å². The molecule has 168 valence electrons. The molecule has 1 amide bonds. The minimum absolute atomic E-state index is 0.101. The smallest absolute Gasteiger partial charge is 0.259 e. The van der Waals surface area contributed by atoms with E-state index in [1.165, 1.54) is 10.6 Å². The molecule has 0 bridgehead atoms. The van der Waals surface area contributed by atoms with E-state index in [0.29, 0.717) is 16.9 Å². The maximum atomic E-state index is 13.1. The number of pyridine rings is 2. The number of benzene rings is 2. The van der Waals surface area contributed by atoms with Gasteiger partial charge in [-0.3, -0.25) is 19.1 Å². The van der Waals surface area contributed by atoms with Crippen LogP contribution in [0.5, 0.6) is 0 Å². The third kappa shape index (κ3) is 3.97. The molecule has 34 heavy (non-hydrogen) atoms. The second-order valence-corrected chi connectivity index (χ2v) is 7.95. The Morgan fingerprint density at radius 2 is 1.82 bits per heavy atom.